The van der Waals surface area contributed by atoms with E-state index in [2.05, 4.69) is 30.9 Å². The molecule has 2 aromatic heterocycles. The summed E-state index contributed by atoms with van der Waals surface area (Å²) in [5.41, 5.74) is 5.16. The van der Waals surface area contributed by atoms with E-state index < -0.39 is 41.3 Å². The number of thiazole rings is 1. The van der Waals surface area contributed by atoms with Gasteiger partial charge in [-0.25, -0.2) is 14.6 Å². The quantitative estimate of drug-likeness (QED) is 0.0780. The van der Waals surface area contributed by atoms with Crippen LogP contribution in [0.1, 0.15) is 12.6 Å². The number of aromatic nitrogens is 4. The highest BCUT2D eigenvalue weighted by atomic mass is 32.2. The molecule has 0 radical (unpaired) electrons. The molecule has 0 spiro atoms. The summed E-state index contributed by atoms with van der Waals surface area (Å²) in [5, 5.41) is 37.1. The molecule has 1 fully saturated rings. The number of nitrogen functional groups attached to an aromatic ring is 1. The molecule has 3 atom stereocenters. The summed E-state index contributed by atoms with van der Waals surface area (Å²) in [4.78, 5) is 59.6. The maximum Gasteiger partial charge on any atom is 0.353 e. The van der Waals surface area contributed by atoms with Crippen molar-refractivity contribution in [1.82, 2.24) is 30.6 Å². The number of aromatic amines is 1. The smallest absolute Gasteiger partial charge is 0.353 e. The molecule has 2 aromatic rings. The monoisotopic (exact) mass is 586 g/mol. The zero-order valence-corrected chi connectivity index (χ0v) is 21.9. The molecule has 37 heavy (non-hydrogen) atoms. The third-order valence-corrected chi connectivity index (χ3v) is 9.14. The third-order valence-electron chi connectivity index (χ3n) is 4.88. The first-order valence-corrected chi connectivity index (χ1v) is 14.1. The number of nitrogens with zero attached hydrogens (tertiary/aromatic N) is 5. The van der Waals surface area contributed by atoms with E-state index in [4.69, 9.17) is 15.7 Å². The summed E-state index contributed by atoms with van der Waals surface area (Å²) >= 11 is 4.97. The van der Waals surface area contributed by atoms with Crippen LogP contribution in [0.5, 0.6) is 0 Å². The number of oxime groups is 1. The van der Waals surface area contributed by atoms with E-state index in [0.717, 1.165) is 16.2 Å². The Hall–Kier alpha value is -3.29. The number of rotatable bonds is 11. The fourth-order valence-electron chi connectivity index (χ4n) is 3.11. The molecule has 196 valence electrons. The van der Waals surface area contributed by atoms with Crippen molar-refractivity contribution < 1.29 is 34.2 Å². The summed E-state index contributed by atoms with van der Waals surface area (Å²) in [6, 6.07) is -1.04. The molecule has 2 aliphatic heterocycles. The van der Waals surface area contributed by atoms with Crippen LogP contribution in [-0.2, 0) is 24.0 Å². The predicted molar refractivity (Wildman–Crippen MR) is 136 cm³/mol. The van der Waals surface area contributed by atoms with Crippen LogP contribution in [0.3, 0.4) is 0 Å². The second-order valence-electron chi connectivity index (χ2n) is 7.25. The Balaban J connectivity index is 1.47. The zero-order valence-electron chi connectivity index (χ0n) is 18.7. The van der Waals surface area contributed by atoms with E-state index in [-0.39, 0.29) is 22.2 Å². The summed E-state index contributed by atoms with van der Waals surface area (Å²) in [6.07, 6.45) is 0.190. The maximum atomic E-state index is 13.0. The van der Waals surface area contributed by atoms with Gasteiger partial charge >= 0.3 is 11.9 Å². The number of carbonyl (C=O) groups is 4. The molecule has 15 nitrogen and oxygen atoms in total. The Morgan fingerprint density at radius 1 is 1.41 bits per heavy atom. The van der Waals surface area contributed by atoms with Gasteiger partial charge in [0, 0.05) is 16.0 Å². The topological polar surface area (TPSA) is 226 Å². The highest BCUT2D eigenvalue weighted by molar-refractivity contribution is 8.18. The number of nitrogens with one attached hydrogen (secondary N) is 2. The largest absolute Gasteiger partial charge is 0.478 e. The van der Waals surface area contributed by atoms with Gasteiger partial charge in [-0.15, -0.1) is 40.0 Å². The number of carboxylic acid groups (broad SMARTS) is 2. The molecule has 4 rings (SSSR count). The van der Waals surface area contributed by atoms with Crippen LogP contribution in [0.2, 0.25) is 0 Å². The molecule has 0 saturated carbocycles. The minimum atomic E-state index is -1.35. The normalized spacial score (nSPS) is 20.2. The van der Waals surface area contributed by atoms with Gasteiger partial charge in [-0.3, -0.25) is 14.5 Å². The molecular weight excluding hydrogens is 569 g/mol. The van der Waals surface area contributed by atoms with Gasteiger partial charge in [0.2, 0.25) is 6.10 Å². The number of hydrogen-bond acceptors (Lipinski definition) is 14. The van der Waals surface area contributed by atoms with Crippen molar-refractivity contribution in [3.63, 3.8) is 0 Å². The second kappa shape index (κ2) is 11.4. The van der Waals surface area contributed by atoms with E-state index in [1.165, 1.54) is 47.6 Å². The molecule has 4 heterocycles. The number of hydrogen-bond donors (Lipinski definition) is 5. The number of fused-ring (bicyclic) bond motifs is 1. The molecule has 0 aromatic carbocycles. The van der Waals surface area contributed by atoms with Crippen molar-refractivity contribution in [3.05, 3.63) is 27.9 Å². The van der Waals surface area contributed by atoms with Crippen LogP contribution in [0.25, 0.3) is 0 Å². The van der Waals surface area contributed by atoms with Crippen LogP contribution >= 0.6 is 46.6 Å². The van der Waals surface area contributed by atoms with Crippen molar-refractivity contribution >= 4 is 81.2 Å². The van der Waals surface area contributed by atoms with Crippen molar-refractivity contribution in [3.8, 4) is 0 Å². The number of nitrogens with two attached hydrogens (primary N) is 1. The zero-order chi connectivity index (χ0) is 26.7. The van der Waals surface area contributed by atoms with Gasteiger partial charge < -0.3 is 26.1 Å². The van der Waals surface area contributed by atoms with Crippen molar-refractivity contribution in [2.24, 2.45) is 5.16 Å². The maximum absolute atomic E-state index is 13.0. The first-order valence-electron chi connectivity index (χ1n) is 10.2. The predicted octanol–water partition coefficient (Wildman–Crippen LogP) is 0.216. The summed E-state index contributed by atoms with van der Waals surface area (Å²) in [6.45, 7) is 1.22. The third kappa shape index (κ3) is 5.84. The molecular formula is C18H18N8O7S4. The summed E-state index contributed by atoms with van der Waals surface area (Å²) < 4.78 is 0. The molecule has 0 unspecified atom stereocenters. The number of anilines is 1. The second-order valence-corrected chi connectivity index (χ2v) is 11.7. The lowest BCUT2D eigenvalue weighted by molar-refractivity contribution is -0.150. The highest BCUT2D eigenvalue weighted by Gasteiger charge is 2.54. The highest BCUT2D eigenvalue weighted by Crippen LogP contribution is 2.44. The average Bonchev–Trinajstić information content (AvgIpc) is 3.53. The Kier molecular flexibility index (Phi) is 8.25. The standard InChI is InChI=1S/C18H18N8O7S4/c1-6(16(29)30)33-24-10(7-3-35-18(19)21-7)13(27)22-11-14(28)26-12(17(31)32)8(4-34-15(11)26)36-5-37-9-2-20-25-23-9/h2-3,6,11,15H,4-5H2,1H3,(H2,19,21)(H,22,27)(H,29,30)(H,31,32)(H,20,23,25)/b24-10-/t6-,11+,15-/m0/s1. The fourth-order valence-corrected chi connectivity index (χ4v) is 7.23. The van der Waals surface area contributed by atoms with Crippen LogP contribution in [0, 0.1) is 0 Å². The molecule has 0 aliphatic carbocycles. The first-order chi connectivity index (χ1) is 17.7. The lowest BCUT2D eigenvalue weighted by atomic mass is 10.0. The van der Waals surface area contributed by atoms with Crippen molar-refractivity contribution in [2.75, 3.05) is 16.6 Å². The van der Waals surface area contributed by atoms with Gasteiger partial charge in [0.15, 0.2) is 10.8 Å². The number of aliphatic carboxylic acids is 2. The van der Waals surface area contributed by atoms with Gasteiger partial charge in [0.05, 0.1) is 11.3 Å². The molecule has 6 N–H and O–H groups in total. The SMILES string of the molecule is C[C@H](O/N=C(\C(=O)N[C@@H]1C(=O)N2C(C(=O)O)=C(SCSc3cn[nH]n3)CS[C@@H]12)c1csc(N)n1)C(=O)O. The molecule has 2 aliphatic rings. The summed E-state index contributed by atoms with van der Waals surface area (Å²) in [7, 11) is 0. The molecule has 0 bridgehead atoms. The Morgan fingerprint density at radius 2 is 2.19 bits per heavy atom. The number of amides is 2. The molecule has 2 amide bonds. The van der Waals surface area contributed by atoms with Gasteiger partial charge in [-0.05, 0) is 6.92 Å². The lowest BCUT2D eigenvalue weighted by Crippen LogP contribution is -2.71. The van der Waals surface area contributed by atoms with E-state index in [9.17, 15) is 24.3 Å². The van der Waals surface area contributed by atoms with Crippen LogP contribution in [-0.4, -0.2) is 93.3 Å². The van der Waals surface area contributed by atoms with Gasteiger partial charge in [-0.2, -0.15) is 10.3 Å². The Bertz CT molecular complexity index is 1280. The van der Waals surface area contributed by atoms with Gasteiger partial charge in [0.1, 0.15) is 27.8 Å². The number of β-lactam (4-membered cyclic amide) rings is 1. The minimum absolute atomic E-state index is 0.0342. The number of H-pyrrole nitrogens is 1. The van der Waals surface area contributed by atoms with Crippen molar-refractivity contribution in [1.29, 1.82) is 0 Å². The van der Waals surface area contributed by atoms with E-state index >= 15 is 0 Å². The number of carboxylic acids is 2. The number of carbonyl (C=O) groups excluding carboxylic acids is 2. The van der Waals surface area contributed by atoms with E-state index in [0.29, 0.717) is 20.8 Å². The Labute approximate surface area is 224 Å². The molecule has 19 heteroatoms. The van der Waals surface area contributed by atoms with E-state index in [1.807, 2.05) is 0 Å². The van der Waals surface area contributed by atoms with Crippen LogP contribution < -0.4 is 11.1 Å². The number of thioether (sulfide) groups is 3. The lowest BCUT2D eigenvalue weighted by Gasteiger charge is -2.49. The van der Waals surface area contributed by atoms with Gasteiger partial charge in [-0.1, -0.05) is 16.9 Å². The summed E-state index contributed by atoms with van der Waals surface area (Å²) in [5.74, 6) is -3.71. The van der Waals surface area contributed by atoms with Crippen molar-refractivity contribution in [2.45, 2.75) is 29.5 Å². The average molecular weight is 587 g/mol. The molecule has 1 saturated heterocycles. The van der Waals surface area contributed by atoms with Crippen LogP contribution in [0.4, 0.5) is 5.13 Å². The fraction of sp³-hybridized carbons (Fsp3) is 0.333. The van der Waals surface area contributed by atoms with E-state index in [1.54, 1.807) is 6.20 Å². The van der Waals surface area contributed by atoms with Crippen LogP contribution in [0.15, 0.2) is 32.4 Å². The Morgan fingerprint density at radius 3 is 2.81 bits per heavy atom. The first kappa shape index (κ1) is 26.8. The minimum Gasteiger partial charge on any atom is -0.478 e. The van der Waals surface area contributed by atoms with Gasteiger partial charge in [0.25, 0.3) is 11.8 Å².